The highest BCUT2D eigenvalue weighted by Gasteiger charge is 2.28. The maximum absolute atomic E-state index is 12.5. The van der Waals surface area contributed by atoms with E-state index in [1.54, 1.807) is 11.8 Å². The van der Waals surface area contributed by atoms with E-state index in [1.807, 2.05) is 0 Å². The first-order chi connectivity index (χ1) is 9.54. The predicted octanol–water partition coefficient (Wildman–Crippen LogP) is 1.05. The number of aromatic hydroxyl groups is 1. The lowest BCUT2D eigenvalue weighted by molar-refractivity contribution is 0.0607. The Morgan fingerprint density at radius 1 is 1.55 bits per heavy atom. The van der Waals surface area contributed by atoms with Crippen LogP contribution >= 0.6 is 0 Å². The van der Waals surface area contributed by atoms with Crippen LogP contribution in [0.3, 0.4) is 0 Å². The van der Waals surface area contributed by atoms with Crippen molar-refractivity contribution in [1.82, 2.24) is 19.8 Å². The summed E-state index contributed by atoms with van der Waals surface area (Å²) in [5.74, 6) is -0.314. The van der Waals surface area contributed by atoms with E-state index in [-0.39, 0.29) is 17.4 Å². The molecule has 1 aliphatic rings. The van der Waals surface area contributed by atoms with Crippen LogP contribution in [0.5, 0.6) is 5.75 Å². The molecule has 1 aromatic heterocycles. The molecular weight excluding hydrogens is 256 g/mol. The Labute approximate surface area is 119 Å². The Hall–Kier alpha value is -1.69. The molecule has 1 aliphatic heterocycles. The van der Waals surface area contributed by atoms with Gasteiger partial charge < -0.3 is 14.9 Å². The van der Waals surface area contributed by atoms with Crippen LogP contribution in [0.25, 0.3) is 0 Å². The first-order valence-electron chi connectivity index (χ1n) is 7.04. The number of hydrogen-bond donors (Lipinski definition) is 1. The van der Waals surface area contributed by atoms with E-state index in [9.17, 15) is 9.90 Å². The van der Waals surface area contributed by atoms with E-state index in [0.29, 0.717) is 18.3 Å². The number of hydrogen-bond acceptors (Lipinski definition) is 5. The third kappa shape index (κ3) is 2.90. The summed E-state index contributed by atoms with van der Waals surface area (Å²) in [5.41, 5.74) is 0.542. The van der Waals surface area contributed by atoms with Crippen LogP contribution in [0.15, 0.2) is 6.33 Å². The molecule has 1 fully saturated rings. The van der Waals surface area contributed by atoms with Crippen molar-refractivity contribution in [3.8, 4) is 5.75 Å². The molecule has 2 heterocycles. The van der Waals surface area contributed by atoms with Crippen molar-refractivity contribution in [2.24, 2.45) is 0 Å². The van der Waals surface area contributed by atoms with Crippen LogP contribution < -0.4 is 0 Å². The van der Waals surface area contributed by atoms with E-state index in [0.717, 1.165) is 25.9 Å². The standard InChI is InChI=1S/C14H22N4O2/c1-4-17(3)11-6-5-7-18(8-11)14(20)12-13(19)10(2)15-9-16-12/h9,11,19H,4-8H2,1-3H3. The Bertz CT molecular complexity index is 492. The molecule has 1 saturated heterocycles. The van der Waals surface area contributed by atoms with Gasteiger partial charge in [-0.1, -0.05) is 6.92 Å². The van der Waals surface area contributed by atoms with Gasteiger partial charge in [0.2, 0.25) is 0 Å². The third-order valence-electron chi connectivity index (χ3n) is 4.01. The molecule has 0 aliphatic carbocycles. The topological polar surface area (TPSA) is 69.6 Å². The molecule has 20 heavy (non-hydrogen) atoms. The SMILES string of the molecule is CCN(C)C1CCCN(C(=O)c2ncnc(C)c2O)C1. The molecule has 0 radical (unpaired) electrons. The number of aromatic nitrogens is 2. The maximum Gasteiger partial charge on any atom is 0.276 e. The molecule has 6 nitrogen and oxygen atoms in total. The molecular formula is C14H22N4O2. The Morgan fingerprint density at radius 3 is 3.00 bits per heavy atom. The summed E-state index contributed by atoms with van der Waals surface area (Å²) in [6, 6.07) is 0.378. The van der Waals surface area contributed by atoms with Crippen molar-refractivity contribution in [2.75, 3.05) is 26.7 Å². The van der Waals surface area contributed by atoms with Crippen molar-refractivity contribution in [3.05, 3.63) is 17.7 Å². The van der Waals surface area contributed by atoms with Gasteiger partial charge in [-0.25, -0.2) is 9.97 Å². The van der Waals surface area contributed by atoms with Crippen LogP contribution in [0.4, 0.5) is 0 Å². The van der Waals surface area contributed by atoms with Crippen molar-refractivity contribution in [2.45, 2.75) is 32.7 Å². The minimum absolute atomic E-state index is 0.108. The van der Waals surface area contributed by atoms with Gasteiger partial charge in [-0.05, 0) is 33.4 Å². The fourth-order valence-corrected chi connectivity index (χ4v) is 2.53. The molecule has 0 bridgehead atoms. The lowest BCUT2D eigenvalue weighted by Crippen LogP contribution is -2.48. The highest BCUT2D eigenvalue weighted by atomic mass is 16.3. The van der Waals surface area contributed by atoms with Crippen molar-refractivity contribution < 1.29 is 9.90 Å². The van der Waals surface area contributed by atoms with Crippen molar-refractivity contribution in [3.63, 3.8) is 0 Å². The van der Waals surface area contributed by atoms with Gasteiger partial charge in [-0.3, -0.25) is 4.79 Å². The minimum Gasteiger partial charge on any atom is -0.504 e. The summed E-state index contributed by atoms with van der Waals surface area (Å²) in [7, 11) is 2.07. The predicted molar refractivity (Wildman–Crippen MR) is 75.7 cm³/mol. The number of likely N-dealkylation sites (tertiary alicyclic amines) is 1. The molecule has 1 aromatic rings. The summed E-state index contributed by atoms with van der Waals surface area (Å²) in [5, 5.41) is 9.94. The van der Waals surface area contributed by atoms with Crippen LogP contribution in [0.2, 0.25) is 0 Å². The van der Waals surface area contributed by atoms with Gasteiger partial charge in [-0.2, -0.15) is 0 Å². The minimum atomic E-state index is -0.206. The number of piperidine rings is 1. The fraction of sp³-hybridized carbons (Fsp3) is 0.643. The molecule has 110 valence electrons. The molecule has 6 heteroatoms. The van der Waals surface area contributed by atoms with Crippen molar-refractivity contribution in [1.29, 1.82) is 0 Å². The summed E-state index contributed by atoms with van der Waals surface area (Å²) in [6.07, 6.45) is 3.40. The molecule has 1 atom stereocenters. The maximum atomic E-state index is 12.5. The van der Waals surface area contributed by atoms with E-state index in [4.69, 9.17) is 0 Å². The zero-order chi connectivity index (χ0) is 14.7. The Balaban J connectivity index is 2.14. The number of rotatable bonds is 3. The van der Waals surface area contributed by atoms with Gasteiger partial charge in [-0.15, -0.1) is 0 Å². The average molecular weight is 278 g/mol. The number of amides is 1. The first-order valence-corrected chi connectivity index (χ1v) is 7.04. The van der Waals surface area contributed by atoms with Gasteiger partial charge in [0.1, 0.15) is 6.33 Å². The van der Waals surface area contributed by atoms with Crippen LogP contribution in [-0.2, 0) is 0 Å². The number of aryl methyl sites for hydroxylation is 1. The number of likely N-dealkylation sites (N-methyl/N-ethyl adjacent to an activating group) is 1. The molecule has 0 aromatic carbocycles. The summed E-state index contributed by atoms with van der Waals surface area (Å²) < 4.78 is 0. The van der Waals surface area contributed by atoms with E-state index >= 15 is 0 Å². The second-order valence-electron chi connectivity index (χ2n) is 5.28. The largest absolute Gasteiger partial charge is 0.504 e. The second-order valence-corrected chi connectivity index (χ2v) is 5.28. The molecule has 0 saturated carbocycles. The van der Waals surface area contributed by atoms with Gasteiger partial charge in [0.15, 0.2) is 11.4 Å². The normalized spacial score (nSPS) is 19.4. The fourth-order valence-electron chi connectivity index (χ4n) is 2.53. The number of carbonyl (C=O) groups excluding carboxylic acids is 1. The second kappa shape index (κ2) is 6.17. The number of carbonyl (C=O) groups is 1. The zero-order valence-electron chi connectivity index (χ0n) is 12.3. The Morgan fingerprint density at radius 2 is 2.30 bits per heavy atom. The van der Waals surface area contributed by atoms with Gasteiger partial charge in [0.05, 0.1) is 5.69 Å². The smallest absolute Gasteiger partial charge is 0.276 e. The number of nitrogens with zero attached hydrogens (tertiary/aromatic N) is 4. The zero-order valence-corrected chi connectivity index (χ0v) is 12.3. The molecule has 1 amide bonds. The third-order valence-corrected chi connectivity index (χ3v) is 4.01. The summed E-state index contributed by atoms with van der Waals surface area (Å²) in [4.78, 5) is 24.3. The lowest BCUT2D eigenvalue weighted by Gasteiger charge is -2.37. The monoisotopic (exact) mass is 278 g/mol. The highest BCUT2D eigenvalue weighted by Crippen LogP contribution is 2.22. The van der Waals surface area contributed by atoms with Gasteiger partial charge in [0.25, 0.3) is 5.91 Å². The van der Waals surface area contributed by atoms with E-state index in [2.05, 4.69) is 28.8 Å². The molecule has 1 unspecified atom stereocenters. The quantitative estimate of drug-likeness (QED) is 0.895. The first kappa shape index (κ1) is 14.7. The van der Waals surface area contributed by atoms with Crippen LogP contribution in [-0.4, -0.2) is 63.5 Å². The molecule has 2 rings (SSSR count). The van der Waals surface area contributed by atoms with Gasteiger partial charge >= 0.3 is 0 Å². The lowest BCUT2D eigenvalue weighted by atomic mass is 10.0. The Kier molecular flexibility index (Phi) is 4.54. The van der Waals surface area contributed by atoms with Gasteiger partial charge in [0, 0.05) is 19.1 Å². The van der Waals surface area contributed by atoms with E-state index in [1.165, 1.54) is 6.33 Å². The van der Waals surface area contributed by atoms with Crippen molar-refractivity contribution >= 4 is 5.91 Å². The van der Waals surface area contributed by atoms with E-state index < -0.39 is 0 Å². The average Bonchev–Trinajstić information content (AvgIpc) is 2.48. The molecule has 1 N–H and O–H groups in total. The molecule has 0 spiro atoms. The summed E-state index contributed by atoms with van der Waals surface area (Å²) >= 11 is 0. The van der Waals surface area contributed by atoms with Crippen LogP contribution in [0.1, 0.15) is 35.9 Å². The van der Waals surface area contributed by atoms with Crippen LogP contribution in [0, 0.1) is 6.92 Å². The highest BCUT2D eigenvalue weighted by molar-refractivity contribution is 5.95. The summed E-state index contributed by atoms with van der Waals surface area (Å²) in [6.45, 7) is 6.14.